The maximum absolute atomic E-state index is 7.09. The van der Waals surface area contributed by atoms with Crippen LogP contribution in [0.5, 0.6) is 11.5 Å². The van der Waals surface area contributed by atoms with Gasteiger partial charge < -0.3 is 9.64 Å². The highest BCUT2D eigenvalue weighted by atomic mass is 32.2. The molecule has 0 atom stereocenters. The van der Waals surface area contributed by atoms with E-state index in [0.717, 1.165) is 28.6 Å². The molecule has 0 N–H and O–H groups in total. The second kappa shape index (κ2) is 15.5. The van der Waals surface area contributed by atoms with Crippen LogP contribution in [-0.2, 0) is 21.7 Å². The molecule has 2 spiro atoms. The normalized spacial score (nSPS) is 14.9. The molecule has 0 amide bonds. The summed E-state index contributed by atoms with van der Waals surface area (Å²) in [6.07, 6.45) is 0. The quantitative estimate of drug-likeness (QED) is 0.175. The number of anilines is 3. The van der Waals surface area contributed by atoms with Gasteiger partial charge in [-0.1, -0.05) is 193 Å². The molecule has 0 unspecified atom stereocenters. The fraction of sp³-hybridized carbons (Fsp3) is 0.143. The van der Waals surface area contributed by atoms with Crippen molar-refractivity contribution < 1.29 is 4.74 Å². The van der Waals surface area contributed by atoms with E-state index in [0.29, 0.717) is 0 Å². The number of hydrogen-bond acceptors (Lipinski definition) is 4. The molecule has 4 aliphatic rings. The lowest BCUT2D eigenvalue weighted by molar-refractivity contribution is 0.433. The summed E-state index contributed by atoms with van der Waals surface area (Å²) < 4.78 is 9.65. The van der Waals surface area contributed by atoms with Crippen molar-refractivity contribution in [2.45, 2.75) is 73.0 Å². The minimum atomic E-state index is -0.684. The van der Waals surface area contributed by atoms with Crippen molar-refractivity contribution in [3.05, 3.63) is 268 Å². The molecule has 10 aromatic carbocycles. The molecule has 3 heterocycles. The Labute approximate surface area is 442 Å². The van der Waals surface area contributed by atoms with E-state index in [4.69, 9.17) is 4.74 Å². The Bertz CT molecular complexity index is 4090. The number of hydrogen-bond donors (Lipinski definition) is 0. The van der Waals surface area contributed by atoms with Gasteiger partial charge in [-0.3, -0.25) is 0 Å². The van der Waals surface area contributed by atoms with Gasteiger partial charge in [0.05, 0.1) is 22.2 Å². The van der Waals surface area contributed by atoms with E-state index in [2.05, 4.69) is 259 Å². The van der Waals surface area contributed by atoms with E-state index in [1.807, 2.05) is 23.1 Å². The van der Waals surface area contributed by atoms with Gasteiger partial charge in [0.15, 0.2) is 0 Å². The molecule has 15 rings (SSSR count). The van der Waals surface area contributed by atoms with Crippen LogP contribution in [0, 0.1) is 0 Å². The predicted molar refractivity (Wildman–Crippen MR) is 310 cm³/mol. The van der Waals surface area contributed by atoms with Crippen molar-refractivity contribution in [3.8, 4) is 33.8 Å². The first-order chi connectivity index (χ1) is 36.0. The average molecular weight is 988 g/mol. The molecule has 0 saturated carbocycles. The van der Waals surface area contributed by atoms with E-state index in [-0.39, 0.29) is 10.8 Å². The molecular formula is C70H53NOS2. The van der Waals surface area contributed by atoms with Gasteiger partial charge in [-0.15, -0.1) is 11.3 Å². The van der Waals surface area contributed by atoms with Crippen LogP contribution in [-0.4, -0.2) is 0 Å². The van der Waals surface area contributed by atoms with Crippen molar-refractivity contribution >= 4 is 60.3 Å². The van der Waals surface area contributed by atoms with E-state index >= 15 is 0 Å². The Balaban J connectivity index is 1.07. The highest BCUT2D eigenvalue weighted by Crippen LogP contribution is 2.67. The topological polar surface area (TPSA) is 12.5 Å². The smallest absolute Gasteiger partial charge is 0.132 e. The number of nitrogens with zero attached hydrogens (tertiary/aromatic N) is 1. The van der Waals surface area contributed by atoms with Gasteiger partial charge in [-0.05, 0) is 145 Å². The molecule has 0 bridgehead atoms. The van der Waals surface area contributed by atoms with Gasteiger partial charge in [0.1, 0.15) is 11.5 Å². The Hall–Kier alpha value is -7.63. The maximum Gasteiger partial charge on any atom is 0.132 e. The number of ether oxygens (including phenoxy) is 1. The van der Waals surface area contributed by atoms with Crippen LogP contribution in [0.15, 0.2) is 222 Å². The monoisotopic (exact) mass is 987 g/mol. The molecule has 4 heteroatoms. The first-order valence-corrected chi connectivity index (χ1v) is 27.6. The Morgan fingerprint density at radius 1 is 0.392 bits per heavy atom. The third-order valence-electron chi connectivity index (χ3n) is 16.7. The van der Waals surface area contributed by atoms with Gasteiger partial charge in [-0.2, -0.15) is 0 Å². The Kier molecular flexibility index (Phi) is 9.17. The molecule has 0 saturated heterocycles. The minimum absolute atomic E-state index is 0.0893. The summed E-state index contributed by atoms with van der Waals surface area (Å²) in [5.41, 5.74) is 19.9. The molecule has 74 heavy (non-hydrogen) atoms. The molecule has 0 fully saturated rings. The van der Waals surface area contributed by atoms with Crippen molar-refractivity contribution in [2.24, 2.45) is 0 Å². The van der Waals surface area contributed by atoms with E-state index < -0.39 is 10.8 Å². The van der Waals surface area contributed by atoms with Crippen LogP contribution < -0.4 is 9.64 Å². The molecule has 0 radical (unpaired) electrons. The molecular weight excluding hydrogens is 935 g/mol. The standard InChI is InChI=1S/C70H53NOS2/c1-67(2,3)42-33-37-59-55(39-42)70(56-40-43(68(4,5)6)34-38-60(56)72-59)50-23-11-8-20-47(50)65-53(70)26-17-27-57(65)71(58-28-18-32-64-66(58)48-21-9-14-29-61(48)73-64)44-35-36-46-45-19-7-10-22-49(45)69(54(46)41-44)51-24-12-15-30-62(51)74-63-31-16-13-25-52(63)69/h7-41H,1-6H3. The van der Waals surface area contributed by atoms with Crippen LogP contribution in [0.25, 0.3) is 42.4 Å². The number of fused-ring (bicyclic) bond motifs is 21. The second-order valence-electron chi connectivity index (χ2n) is 22.7. The molecule has 2 aliphatic carbocycles. The van der Waals surface area contributed by atoms with Crippen LogP contribution in [0.2, 0.25) is 0 Å². The lowest BCUT2D eigenvalue weighted by Gasteiger charge is -2.41. The van der Waals surface area contributed by atoms with Gasteiger partial charge >= 0.3 is 0 Å². The van der Waals surface area contributed by atoms with Gasteiger partial charge in [-0.25, -0.2) is 0 Å². The van der Waals surface area contributed by atoms with Crippen molar-refractivity contribution in [1.29, 1.82) is 0 Å². The Morgan fingerprint density at radius 2 is 0.905 bits per heavy atom. The van der Waals surface area contributed by atoms with E-state index in [1.54, 1.807) is 0 Å². The highest BCUT2D eigenvalue weighted by Gasteiger charge is 2.54. The first-order valence-electron chi connectivity index (χ1n) is 26.0. The van der Waals surface area contributed by atoms with Gasteiger partial charge in [0, 0.05) is 52.3 Å². The van der Waals surface area contributed by atoms with Crippen LogP contribution >= 0.6 is 23.1 Å². The number of benzene rings is 10. The zero-order chi connectivity index (χ0) is 49.9. The molecule has 1 aromatic heterocycles. The van der Waals surface area contributed by atoms with E-state index in [1.165, 1.54) is 108 Å². The lowest BCUT2D eigenvalue weighted by atomic mass is 9.64. The van der Waals surface area contributed by atoms with Gasteiger partial charge in [0.25, 0.3) is 0 Å². The highest BCUT2D eigenvalue weighted by molar-refractivity contribution is 7.99. The molecule has 356 valence electrons. The SMILES string of the molecule is CC(C)(C)c1ccc2c(c1)C1(c3cc(C(C)(C)C)ccc3O2)c2ccccc2-c2c(N(c3ccc4c(c3)C3(c5ccccc5Sc5ccccc53)c3ccccc3-4)c3cccc4sc5ccccc5c34)cccc21. The van der Waals surface area contributed by atoms with Crippen molar-refractivity contribution in [3.63, 3.8) is 0 Å². The lowest BCUT2D eigenvalue weighted by Crippen LogP contribution is -2.33. The maximum atomic E-state index is 7.09. The van der Waals surface area contributed by atoms with Crippen LogP contribution in [0.3, 0.4) is 0 Å². The first kappa shape index (κ1) is 43.9. The summed E-state index contributed by atoms with van der Waals surface area (Å²) in [7, 11) is 0. The molecule has 2 aliphatic heterocycles. The largest absolute Gasteiger partial charge is 0.457 e. The summed E-state index contributed by atoms with van der Waals surface area (Å²) in [6.45, 7) is 13.9. The summed E-state index contributed by atoms with van der Waals surface area (Å²) in [4.78, 5) is 5.23. The summed E-state index contributed by atoms with van der Waals surface area (Å²) >= 11 is 3.77. The Morgan fingerprint density at radius 3 is 1.58 bits per heavy atom. The zero-order valence-corrected chi connectivity index (χ0v) is 44.0. The van der Waals surface area contributed by atoms with Crippen LogP contribution in [0.1, 0.15) is 97.2 Å². The van der Waals surface area contributed by atoms with Gasteiger partial charge in [0.2, 0.25) is 0 Å². The van der Waals surface area contributed by atoms with Crippen LogP contribution in [0.4, 0.5) is 17.1 Å². The summed E-state index contributed by atoms with van der Waals surface area (Å²) in [6, 6.07) is 81.0. The van der Waals surface area contributed by atoms with Crippen molar-refractivity contribution in [2.75, 3.05) is 4.90 Å². The summed E-state index contributed by atoms with van der Waals surface area (Å²) in [5, 5.41) is 2.53. The van der Waals surface area contributed by atoms with Crippen molar-refractivity contribution in [1.82, 2.24) is 0 Å². The number of thiophene rings is 1. The fourth-order valence-corrected chi connectivity index (χ4v) is 15.7. The third kappa shape index (κ3) is 5.84. The predicted octanol–water partition coefficient (Wildman–Crippen LogP) is 19.4. The van der Waals surface area contributed by atoms with E-state index in [9.17, 15) is 0 Å². The molecule has 11 aromatic rings. The average Bonchev–Trinajstić information content (AvgIpc) is 4.06. The minimum Gasteiger partial charge on any atom is -0.457 e. The zero-order valence-electron chi connectivity index (χ0n) is 42.4. The summed E-state index contributed by atoms with van der Waals surface area (Å²) in [5.74, 6) is 1.81. The number of rotatable bonds is 3. The molecule has 2 nitrogen and oxygen atoms in total. The second-order valence-corrected chi connectivity index (χ2v) is 24.9. The third-order valence-corrected chi connectivity index (χ3v) is 19.0. The fourth-order valence-electron chi connectivity index (χ4n) is 13.4.